The summed E-state index contributed by atoms with van der Waals surface area (Å²) in [6.07, 6.45) is -4.85. The van der Waals surface area contributed by atoms with E-state index in [0.29, 0.717) is 16.5 Å². The summed E-state index contributed by atoms with van der Waals surface area (Å²) in [5, 5.41) is 2.45. The first kappa shape index (κ1) is 15.8. The Morgan fingerprint density at radius 2 is 1.95 bits per heavy atom. The van der Waals surface area contributed by atoms with E-state index in [4.69, 9.17) is 11.6 Å². The summed E-state index contributed by atoms with van der Waals surface area (Å²) in [4.78, 5) is 12.5. The van der Waals surface area contributed by atoms with E-state index in [1.807, 2.05) is 0 Å². The maximum atomic E-state index is 13.1. The summed E-state index contributed by atoms with van der Waals surface area (Å²) >= 11 is 6.97. The summed E-state index contributed by atoms with van der Waals surface area (Å²) in [6.45, 7) is 0.134. The summed E-state index contributed by atoms with van der Waals surface area (Å²) in [7, 11) is 0. The fraction of sp³-hybridized carbons (Fsp3) is 0.154. The zero-order valence-corrected chi connectivity index (χ0v) is 11.9. The third kappa shape index (κ3) is 3.95. The van der Waals surface area contributed by atoms with E-state index in [-0.39, 0.29) is 12.1 Å². The van der Waals surface area contributed by atoms with Gasteiger partial charge >= 0.3 is 6.18 Å². The number of carbonyl (C=O) groups is 1. The van der Waals surface area contributed by atoms with Crippen molar-refractivity contribution in [1.29, 1.82) is 0 Å². The van der Waals surface area contributed by atoms with Gasteiger partial charge in [0, 0.05) is 10.4 Å². The second-order valence-electron chi connectivity index (χ2n) is 4.08. The molecule has 0 aliphatic heterocycles. The number of hydrogen-bond acceptors (Lipinski definition) is 2. The molecule has 2 aromatic rings. The lowest BCUT2D eigenvalue weighted by Gasteiger charge is -2.10. The number of hydrogen-bond donors (Lipinski definition) is 1. The van der Waals surface area contributed by atoms with Gasteiger partial charge in [-0.05, 0) is 30.3 Å². The van der Waals surface area contributed by atoms with Gasteiger partial charge < -0.3 is 5.32 Å². The average Bonchev–Trinajstić information content (AvgIpc) is 2.81. The maximum absolute atomic E-state index is 13.1. The molecule has 0 bridgehead atoms. The quantitative estimate of drug-likeness (QED) is 0.821. The van der Waals surface area contributed by atoms with Gasteiger partial charge in [-0.3, -0.25) is 4.79 Å². The molecular weight excluding hydrogens is 330 g/mol. The fourth-order valence-corrected chi connectivity index (χ4v) is 2.63. The predicted molar refractivity (Wildman–Crippen MR) is 71.9 cm³/mol. The Hall–Kier alpha value is -1.60. The molecule has 8 heteroatoms. The molecule has 1 N–H and O–H groups in total. The molecule has 0 fully saturated rings. The Kier molecular flexibility index (Phi) is 4.53. The SMILES string of the molecule is O=C(NCc1ccc(Cl)s1)c1ccc(F)c(C(F)(F)F)c1. The van der Waals surface area contributed by atoms with Gasteiger partial charge in [0.05, 0.1) is 16.4 Å². The molecule has 1 aromatic carbocycles. The van der Waals surface area contributed by atoms with Crippen LogP contribution < -0.4 is 5.32 Å². The first-order valence-corrected chi connectivity index (χ1v) is 6.86. The Morgan fingerprint density at radius 3 is 2.52 bits per heavy atom. The van der Waals surface area contributed by atoms with E-state index < -0.39 is 23.5 Å². The van der Waals surface area contributed by atoms with Crippen LogP contribution in [0.5, 0.6) is 0 Å². The minimum Gasteiger partial charge on any atom is -0.347 e. The van der Waals surface area contributed by atoms with Crippen molar-refractivity contribution >= 4 is 28.8 Å². The topological polar surface area (TPSA) is 29.1 Å². The van der Waals surface area contributed by atoms with E-state index in [1.54, 1.807) is 12.1 Å². The molecule has 112 valence electrons. The van der Waals surface area contributed by atoms with E-state index in [1.165, 1.54) is 11.3 Å². The summed E-state index contributed by atoms with van der Waals surface area (Å²) in [5.74, 6) is -2.13. The molecule has 0 spiro atoms. The van der Waals surface area contributed by atoms with E-state index >= 15 is 0 Å². The predicted octanol–water partition coefficient (Wildman–Crippen LogP) is 4.49. The molecule has 2 rings (SSSR count). The third-order valence-corrected chi connectivity index (χ3v) is 3.82. The molecule has 0 radical (unpaired) electrons. The second-order valence-corrected chi connectivity index (χ2v) is 5.88. The molecule has 1 heterocycles. The molecule has 0 atom stereocenters. The van der Waals surface area contributed by atoms with E-state index in [0.717, 1.165) is 10.9 Å². The van der Waals surface area contributed by atoms with Gasteiger partial charge in [-0.2, -0.15) is 13.2 Å². The first-order chi connectivity index (χ1) is 9.77. The first-order valence-electron chi connectivity index (χ1n) is 5.66. The molecule has 2 nitrogen and oxygen atoms in total. The highest BCUT2D eigenvalue weighted by atomic mass is 35.5. The second kappa shape index (κ2) is 6.03. The van der Waals surface area contributed by atoms with E-state index in [9.17, 15) is 22.4 Å². The van der Waals surface area contributed by atoms with Crippen molar-refractivity contribution in [2.45, 2.75) is 12.7 Å². The van der Waals surface area contributed by atoms with Crippen LogP contribution in [0.15, 0.2) is 30.3 Å². The number of benzene rings is 1. The summed E-state index contributed by atoms with van der Waals surface area (Å²) < 4.78 is 51.3. The monoisotopic (exact) mass is 337 g/mol. The van der Waals surface area contributed by atoms with Gasteiger partial charge in [-0.15, -0.1) is 11.3 Å². The van der Waals surface area contributed by atoms with Gasteiger partial charge in [-0.25, -0.2) is 4.39 Å². The van der Waals surface area contributed by atoms with Gasteiger partial charge in [0.25, 0.3) is 5.91 Å². The highest BCUT2D eigenvalue weighted by molar-refractivity contribution is 7.16. The number of halogens is 5. The zero-order valence-electron chi connectivity index (χ0n) is 10.3. The number of rotatable bonds is 3. The number of amides is 1. The summed E-state index contributed by atoms with van der Waals surface area (Å²) in [5.41, 5.74) is -1.72. The van der Waals surface area contributed by atoms with Crippen LogP contribution in [-0.4, -0.2) is 5.91 Å². The van der Waals surface area contributed by atoms with Crippen LogP contribution in [0.1, 0.15) is 20.8 Å². The molecule has 1 aromatic heterocycles. The van der Waals surface area contributed by atoms with Crippen molar-refractivity contribution in [2.75, 3.05) is 0 Å². The Morgan fingerprint density at radius 1 is 1.24 bits per heavy atom. The van der Waals surface area contributed by atoms with Crippen molar-refractivity contribution in [3.63, 3.8) is 0 Å². The van der Waals surface area contributed by atoms with Crippen LogP contribution in [-0.2, 0) is 12.7 Å². The highest BCUT2D eigenvalue weighted by Gasteiger charge is 2.34. The molecule has 21 heavy (non-hydrogen) atoms. The largest absolute Gasteiger partial charge is 0.419 e. The Bertz CT molecular complexity index is 668. The van der Waals surface area contributed by atoms with Crippen LogP contribution in [0.4, 0.5) is 17.6 Å². The smallest absolute Gasteiger partial charge is 0.347 e. The number of nitrogens with one attached hydrogen (secondary N) is 1. The minimum atomic E-state index is -4.85. The van der Waals surface area contributed by atoms with Crippen molar-refractivity contribution < 1.29 is 22.4 Å². The Balaban J connectivity index is 2.12. The lowest BCUT2D eigenvalue weighted by molar-refractivity contribution is -0.140. The van der Waals surface area contributed by atoms with Crippen molar-refractivity contribution in [2.24, 2.45) is 0 Å². The molecular formula is C13H8ClF4NOS. The standard InChI is InChI=1S/C13H8ClF4NOS/c14-11-4-2-8(21-11)6-19-12(20)7-1-3-10(15)9(5-7)13(16,17)18/h1-5H,6H2,(H,19,20). The summed E-state index contributed by atoms with van der Waals surface area (Å²) in [6, 6.07) is 5.46. The molecule has 0 aliphatic rings. The van der Waals surface area contributed by atoms with E-state index in [2.05, 4.69) is 5.32 Å². The lowest BCUT2D eigenvalue weighted by Crippen LogP contribution is -2.23. The van der Waals surface area contributed by atoms with Gasteiger partial charge in [0.2, 0.25) is 0 Å². The van der Waals surface area contributed by atoms with Crippen LogP contribution in [0.25, 0.3) is 0 Å². The van der Waals surface area contributed by atoms with Gasteiger partial charge in [0.1, 0.15) is 5.82 Å². The Labute approximate surface area is 126 Å². The normalized spacial score (nSPS) is 11.5. The molecule has 0 saturated heterocycles. The molecule has 1 amide bonds. The van der Waals surface area contributed by atoms with Crippen LogP contribution in [0.2, 0.25) is 4.34 Å². The fourth-order valence-electron chi connectivity index (χ4n) is 1.60. The molecule has 0 aliphatic carbocycles. The molecule has 0 saturated carbocycles. The zero-order chi connectivity index (χ0) is 15.6. The van der Waals surface area contributed by atoms with Crippen LogP contribution in [0, 0.1) is 5.82 Å². The third-order valence-electron chi connectivity index (χ3n) is 2.59. The van der Waals surface area contributed by atoms with Crippen molar-refractivity contribution in [3.8, 4) is 0 Å². The van der Waals surface area contributed by atoms with Crippen LogP contribution in [0.3, 0.4) is 0 Å². The van der Waals surface area contributed by atoms with Crippen molar-refractivity contribution in [3.05, 3.63) is 56.5 Å². The number of thiophene rings is 1. The van der Waals surface area contributed by atoms with Crippen LogP contribution >= 0.6 is 22.9 Å². The number of carbonyl (C=O) groups excluding carboxylic acids is 1. The average molecular weight is 338 g/mol. The lowest BCUT2D eigenvalue weighted by atomic mass is 10.1. The number of alkyl halides is 3. The van der Waals surface area contributed by atoms with Gasteiger partial charge in [-0.1, -0.05) is 11.6 Å². The highest BCUT2D eigenvalue weighted by Crippen LogP contribution is 2.31. The molecule has 0 unspecified atom stereocenters. The minimum absolute atomic E-state index is 0.134. The van der Waals surface area contributed by atoms with Crippen molar-refractivity contribution in [1.82, 2.24) is 5.32 Å². The van der Waals surface area contributed by atoms with Gasteiger partial charge in [0.15, 0.2) is 0 Å². The maximum Gasteiger partial charge on any atom is 0.419 e.